The summed E-state index contributed by atoms with van der Waals surface area (Å²) in [4.78, 5) is 12.7. The van der Waals surface area contributed by atoms with Gasteiger partial charge >= 0.3 is 0 Å². The van der Waals surface area contributed by atoms with Crippen molar-refractivity contribution >= 4 is 11.6 Å². The average molecular weight is 346 g/mol. The quantitative estimate of drug-likeness (QED) is 0.896. The number of amides is 1. The van der Waals surface area contributed by atoms with E-state index in [2.05, 4.69) is 17.4 Å². The number of carbonyl (C=O) groups is 1. The molecule has 1 unspecified atom stereocenters. The zero-order valence-corrected chi connectivity index (χ0v) is 14.8. The highest BCUT2D eigenvalue weighted by atomic mass is 16.5. The number of benzene rings is 1. The van der Waals surface area contributed by atoms with Gasteiger partial charge in [0.15, 0.2) is 17.2 Å². The highest BCUT2D eigenvalue weighted by Gasteiger charge is 2.27. The fraction of sp³-hybridized carbons (Fsp3) is 0.444. The molecule has 1 aliphatic carbocycles. The molecule has 3 rings (SSSR count). The van der Waals surface area contributed by atoms with Crippen LogP contribution >= 0.6 is 0 Å². The molecule has 1 amide bonds. The van der Waals surface area contributed by atoms with Crippen molar-refractivity contribution in [2.75, 3.05) is 26.6 Å². The number of fused-ring (bicyclic) bond motifs is 1. The van der Waals surface area contributed by atoms with Crippen LogP contribution in [0.2, 0.25) is 0 Å². The van der Waals surface area contributed by atoms with E-state index in [1.807, 2.05) is 0 Å². The van der Waals surface area contributed by atoms with Crippen LogP contribution in [-0.2, 0) is 12.8 Å². The molecule has 134 valence electrons. The maximum atomic E-state index is 12.7. The third-order valence-electron chi connectivity index (χ3n) is 4.42. The average Bonchev–Trinajstić information content (AvgIpc) is 3.03. The fourth-order valence-corrected chi connectivity index (χ4v) is 3.10. The number of ether oxygens (including phenoxy) is 3. The molecule has 1 heterocycles. The molecule has 0 radical (unpaired) electrons. The summed E-state index contributed by atoms with van der Waals surface area (Å²) in [5.74, 6) is 2.41. The molecule has 0 saturated carbocycles. The van der Waals surface area contributed by atoms with Gasteiger partial charge in [-0.25, -0.2) is 0 Å². The molecule has 1 N–H and O–H groups in total. The summed E-state index contributed by atoms with van der Waals surface area (Å²) in [7, 11) is 4.58. The molecule has 7 heteroatoms. The maximum absolute atomic E-state index is 12.7. The molecule has 0 aliphatic heterocycles. The van der Waals surface area contributed by atoms with E-state index in [1.54, 1.807) is 12.1 Å². The largest absolute Gasteiger partial charge is 0.493 e. The van der Waals surface area contributed by atoms with E-state index < -0.39 is 0 Å². The summed E-state index contributed by atoms with van der Waals surface area (Å²) in [6.45, 7) is 2.16. The molecule has 0 spiro atoms. The van der Waals surface area contributed by atoms with Gasteiger partial charge < -0.3 is 24.1 Å². The molecular formula is C18H22N2O5. The van der Waals surface area contributed by atoms with E-state index in [0.717, 1.165) is 30.6 Å². The molecule has 7 nitrogen and oxygen atoms in total. The van der Waals surface area contributed by atoms with Crippen molar-refractivity contribution in [3.05, 3.63) is 29.2 Å². The van der Waals surface area contributed by atoms with E-state index in [9.17, 15) is 4.79 Å². The summed E-state index contributed by atoms with van der Waals surface area (Å²) in [6, 6.07) is 3.35. The van der Waals surface area contributed by atoms with Crippen LogP contribution in [0.3, 0.4) is 0 Å². The molecule has 1 aromatic carbocycles. The summed E-state index contributed by atoms with van der Waals surface area (Å²) in [5, 5.41) is 6.81. The third kappa shape index (κ3) is 3.26. The lowest BCUT2D eigenvalue weighted by atomic mass is 9.88. The van der Waals surface area contributed by atoms with Crippen molar-refractivity contribution in [2.45, 2.75) is 26.2 Å². The molecule has 0 fully saturated rings. The molecule has 0 bridgehead atoms. The number of aromatic nitrogens is 1. The van der Waals surface area contributed by atoms with Crippen molar-refractivity contribution in [1.29, 1.82) is 0 Å². The van der Waals surface area contributed by atoms with Crippen LogP contribution in [0.5, 0.6) is 17.2 Å². The first-order valence-corrected chi connectivity index (χ1v) is 8.16. The van der Waals surface area contributed by atoms with Gasteiger partial charge in [0, 0.05) is 29.8 Å². The molecule has 0 saturated heterocycles. The predicted molar refractivity (Wildman–Crippen MR) is 91.7 cm³/mol. The van der Waals surface area contributed by atoms with Crippen molar-refractivity contribution in [1.82, 2.24) is 5.16 Å². The van der Waals surface area contributed by atoms with Crippen molar-refractivity contribution < 1.29 is 23.5 Å². The van der Waals surface area contributed by atoms with Gasteiger partial charge in [-0.1, -0.05) is 12.1 Å². The van der Waals surface area contributed by atoms with Crippen LogP contribution < -0.4 is 19.5 Å². The van der Waals surface area contributed by atoms with E-state index in [-0.39, 0.29) is 5.91 Å². The summed E-state index contributed by atoms with van der Waals surface area (Å²) >= 11 is 0. The highest BCUT2D eigenvalue weighted by Crippen LogP contribution is 2.40. The van der Waals surface area contributed by atoms with Crippen molar-refractivity contribution in [3.8, 4) is 17.2 Å². The van der Waals surface area contributed by atoms with E-state index >= 15 is 0 Å². The second-order valence-electron chi connectivity index (χ2n) is 6.15. The number of hydrogen-bond acceptors (Lipinski definition) is 6. The number of nitrogens with zero attached hydrogens (tertiary/aromatic N) is 1. The lowest BCUT2D eigenvalue weighted by molar-refractivity contribution is 0.101. The van der Waals surface area contributed by atoms with Gasteiger partial charge in [0.2, 0.25) is 5.75 Å². The Labute approximate surface area is 146 Å². The number of anilines is 1. The first kappa shape index (κ1) is 17.1. The first-order valence-electron chi connectivity index (χ1n) is 8.16. The molecule has 1 atom stereocenters. The van der Waals surface area contributed by atoms with Crippen LogP contribution in [0.4, 0.5) is 5.69 Å². The first-order chi connectivity index (χ1) is 12.1. The predicted octanol–water partition coefficient (Wildman–Crippen LogP) is 3.08. The minimum Gasteiger partial charge on any atom is -0.493 e. The summed E-state index contributed by atoms with van der Waals surface area (Å²) < 4.78 is 21.2. The minimum absolute atomic E-state index is 0.312. The minimum atomic E-state index is -0.312. The number of hydrogen-bond donors (Lipinski definition) is 1. The molecule has 1 aromatic heterocycles. The maximum Gasteiger partial charge on any atom is 0.278 e. The SMILES string of the molecule is COc1cc(NC(=O)c2noc3c2CC(C)CC3)cc(OC)c1OC. The van der Waals surface area contributed by atoms with Gasteiger partial charge in [-0.3, -0.25) is 4.79 Å². The summed E-state index contributed by atoms with van der Waals surface area (Å²) in [5.41, 5.74) is 1.78. The van der Waals surface area contributed by atoms with Crippen LogP contribution in [0.1, 0.15) is 35.2 Å². The van der Waals surface area contributed by atoms with Crippen LogP contribution in [0.25, 0.3) is 0 Å². The molecular weight excluding hydrogens is 324 g/mol. The zero-order chi connectivity index (χ0) is 18.0. The number of rotatable bonds is 5. The third-order valence-corrected chi connectivity index (χ3v) is 4.42. The van der Waals surface area contributed by atoms with Crippen LogP contribution in [0, 0.1) is 5.92 Å². The smallest absolute Gasteiger partial charge is 0.278 e. The Hall–Kier alpha value is -2.70. The Bertz CT molecular complexity index is 759. The number of aryl methyl sites for hydroxylation is 1. The standard InChI is InChI=1S/C18H22N2O5/c1-10-5-6-13-12(7-10)16(20-25-13)18(21)19-11-8-14(22-2)17(24-4)15(9-11)23-3/h8-10H,5-7H2,1-4H3,(H,19,21). The number of carbonyl (C=O) groups excluding carboxylic acids is 1. The van der Waals surface area contributed by atoms with Gasteiger partial charge in [-0.05, 0) is 18.8 Å². The fourth-order valence-electron chi connectivity index (χ4n) is 3.10. The van der Waals surface area contributed by atoms with Gasteiger partial charge in [0.1, 0.15) is 5.76 Å². The molecule has 1 aliphatic rings. The zero-order valence-electron chi connectivity index (χ0n) is 14.8. The highest BCUT2D eigenvalue weighted by molar-refractivity contribution is 6.04. The summed E-state index contributed by atoms with van der Waals surface area (Å²) in [6.07, 6.45) is 2.67. The van der Waals surface area contributed by atoms with Crippen molar-refractivity contribution in [3.63, 3.8) is 0 Å². The van der Waals surface area contributed by atoms with E-state index in [1.165, 1.54) is 21.3 Å². The Kier molecular flexibility index (Phi) is 4.83. The second-order valence-corrected chi connectivity index (χ2v) is 6.15. The van der Waals surface area contributed by atoms with Gasteiger partial charge in [0.25, 0.3) is 5.91 Å². The topological polar surface area (TPSA) is 82.8 Å². The van der Waals surface area contributed by atoms with Crippen LogP contribution in [-0.4, -0.2) is 32.4 Å². The Morgan fingerprint density at radius 2 is 1.88 bits per heavy atom. The lowest BCUT2D eigenvalue weighted by Gasteiger charge is -2.17. The van der Waals surface area contributed by atoms with Crippen molar-refractivity contribution in [2.24, 2.45) is 5.92 Å². The second kappa shape index (κ2) is 7.04. The van der Waals surface area contributed by atoms with E-state index in [4.69, 9.17) is 18.7 Å². The number of methoxy groups -OCH3 is 3. The monoisotopic (exact) mass is 346 g/mol. The Morgan fingerprint density at radius 1 is 1.20 bits per heavy atom. The van der Waals surface area contributed by atoms with Crippen LogP contribution in [0.15, 0.2) is 16.7 Å². The van der Waals surface area contributed by atoms with Gasteiger partial charge in [-0.2, -0.15) is 0 Å². The molecule has 2 aromatic rings. The normalized spacial score (nSPS) is 16.1. The number of nitrogens with one attached hydrogen (secondary N) is 1. The Morgan fingerprint density at radius 3 is 2.48 bits per heavy atom. The van der Waals surface area contributed by atoms with Gasteiger partial charge in [0.05, 0.1) is 21.3 Å². The lowest BCUT2D eigenvalue weighted by Crippen LogP contribution is -2.18. The Balaban J connectivity index is 1.88. The van der Waals surface area contributed by atoms with Gasteiger partial charge in [-0.15, -0.1) is 0 Å². The van der Waals surface area contributed by atoms with E-state index in [0.29, 0.717) is 34.5 Å². The molecule has 25 heavy (non-hydrogen) atoms.